The topological polar surface area (TPSA) is 222 Å². The van der Waals surface area contributed by atoms with Gasteiger partial charge in [0.25, 0.3) is 0 Å². The van der Waals surface area contributed by atoms with Crippen LogP contribution in [0.4, 0.5) is 13.6 Å². The van der Waals surface area contributed by atoms with Crippen LogP contribution in [0, 0.1) is 17.0 Å². The van der Waals surface area contributed by atoms with Crippen molar-refractivity contribution in [3.05, 3.63) is 120 Å². The maximum absolute atomic E-state index is 15.1. The van der Waals surface area contributed by atoms with Gasteiger partial charge in [0.1, 0.15) is 36.9 Å². The zero-order valence-corrected chi connectivity index (χ0v) is 34.2. The number of aliphatic hydroxyl groups is 1. The molecule has 3 atom stereocenters. The highest BCUT2D eigenvalue weighted by Gasteiger charge is 2.37. The highest BCUT2D eigenvalue weighted by Crippen LogP contribution is 2.41. The molecule has 0 radical (unpaired) electrons. The number of carbonyl (C=O) groups excluding carboxylic acids is 5. The molecule has 326 valence electrons. The fraction of sp³-hybridized carbons (Fsp3) is 0.364. The van der Waals surface area contributed by atoms with E-state index in [1.807, 2.05) is 55.7 Å². The van der Waals surface area contributed by atoms with Crippen molar-refractivity contribution in [1.82, 2.24) is 25.4 Å². The summed E-state index contributed by atoms with van der Waals surface area (Å²) in [6.45, 7) is 4.88. The molecule has 5 amide bonds. The number of carbonyl (C=O) groups is 6. The lowest BCUT2D eigenvalue weighted by Gasteiger charge is -2.41. The summed E-state index contributed by atoms with van der Waals surface area (Å²) in [6.07, 6.45) is -0.766. The normalized spacial score (nSPS) is 12.7. The average molecular weight is 847 g/mol. The van der Waals surface area contributed by atoms with Crippen molar-refractivity contribution in [2.24, 2.45) is 11.1 Å². The molecule has 0 spiro atoms. The molecule has 0 aliphatic carbocycles. The molecule has 0 saturated heterocycles. The first-order valence-electron chi connectivity index (χ1n) is 19.6. The lowest BCUT2D eigenvalue weighted by atomic mass is 9.83. The van der Waals surface area contributed by atoms with E-state index in [-0.39, 0.29) is 38.1 Å². The summed E-state index contributed by atoms with van der Waals surface area (Å²) < 4.78 is 36.5. The van der Waals surface area contributed by atoms with Crippen LogP contribution >= 0.6 is 0 Å². The van der Waals surface area contributed by atoms with Crippen molar-refractivity contribution in [3.63, 3.8) is 0 Å². The van der Waals surface area contributed by atoms with Gasteiger partial charge < -0.3 is 46.1 Å². The van der Waals surface area contributed by atoms with Crippen molar-refractivity contribution in [1.29, 1.82) is 0 Å². The van der Waals surface area contributed by atoms with Gasteiger partial charge in [-0.05, 0) is 53.6 Å². The van der Waals surface area contributed by atoms with E-state index in [1.165, 1.54) is 4.90 Å². The van der Waals surface area contributed by atoms with Crippen LogP contribution in [0.25, 0.3) is 11.1 Å². The number of primary amides is 1. The Bertz CT molecular complexity index is 2140. The van der Waals surface area contributed by atoms with Crippen LogP contribution in [0.3, 0.4) is 0 Å². The summed E-state index contributed by atoms with van der Waals surface area (Å²) in [6, 6.07) is 19.2. The third-order valence-corrected chi connectivity index (χ3v) is 9.61. The maximum Gasteiger partial charge on any atom is 0.408 e. The van der Waals surface area contributed by atoms with Crippen LogP contribution in [-0.4, -0.2) is 87.2 Å². The molecule has 0 fully saturated rings. The second-order valence-corrected chi connectivity index (χ2v) is 15.5. The molecule has 1 aromatic heterocycles. The molecule has 4 aromatic rings. The molecule has 0 aliphatic rings. The number of alkyl carbamates (subject to hydrolysis) is 1. The van der Waals surface area contributed by atoms with Gasteiger partial charge in [-0.25, -0.2) is 13.6 Å². The Hall–Kier alpha value is -6.62. The van der Waals surface area contributed by atoms with Crippen molar-refractivity contribution in [2.75, 3.05) is 19.7 Å². The maximum atomic E-state index is 15.1. The van der Waals surface area contributed by atoms with Gasteiger partial charge in [-0.3, -0.25) is 24.0 Å². The molecule has 61 heavy (non-hydrogen) atoms. The first-order chi connectivity index (χ1) is 29.0. The fourth-order valence-corrected chi connectivity index (χ4v) is 6.81. The SMILES string of the molecule is CC(C)(C)[C@H](c1cc(-c2cc(F)ccc2F)cn1Cc1ccccc1)N(CCCNC(=O)[C@H](CC(N)=O)NC(=O)[C@H](CCC(=O)O)NC(=O)OCc1ccccc1)C(=O)CO. The highest BCUT2D eigenvalue weighted by atomic mass is 19.1. The number of nitrogens with one attached hydrogen (secondary N) is 3. The first-order valence-corrected chi connectivity index (χ1v) is 19.6. The third kappa shape index (κ3) is 14.3. The van der Waals surface area contributed by atoms with Crippen LogP contribution in [0.15, 0.2) is 91.1 Å². The van der Waals surface area contributed by atoms with Crippen molar-refractivity contribution in [2.45, 2.75) is 77.7 Å². The summed E-state index contributed by atoms with van der Waals surface area (Å²) >= 11 is 0. The second-order valence-electron chi connectivity index (χ2n) is 15.5. The molecule has 15 nitrogen and oxygen atoms in total. The number of amides is 5. The van der Waals surface area contributed by atoms with Crippen LogP contribution in [0.2, 0.25) is 0 Å². The van der Waals surface area contributed by atoms with Crippen molar-refractivity contribution >= 4 is 35.7 Å². The van der Waals surface area contributed by atoms with E-state index >= 15 is 4.39 Å². The number of nitrogens with two attached hydrogens (primary N) is 1. The number of rotatable bonds is 21. The van der Waals surface area contributed by atoms with Crippen LogP contribution in [0.5, 0.6) is 0 Å². The van der Waals surface area contributed by atoms with Crippen molar-refractivity contribution < 1.29 is 52.5 Å². The summed E-state index contributed by atoms with van der Waals surface area (Å²) in [5.41, 5.74) is 7.21. The first kappa shape index (κ1) is 47.1. The van der Waals surface area contributed by atoms with Crippen LogP contribution in [0.1, 0.15) is 69.3 Å². The number of aromatic nitrogens is 1. The zero-order valence-electron chi connectivity index (χ0n) is 34.2. The van der Waals surface area contributed by atoms with E-state index in [9.17, 15) is 43.4 Å². The van der Waals surface area contributed by atoms with Gasteiger partial charge in [0.15, 0.2) is 0 Å². The predicted octanol–water partition coefficient (Wildman–Crippen LogP) is 4.42. The molecule has 7 N–H and O–H groups in total. The van der Waals surface area contributed by atoms with E-state index in [1.54, 1.807) is 42.6 Å². The Morgan fingerprint density at radius 3 is 2.13 bits per heavy atom. The Morgan fingerprint density at radius 2 is 1.52 bits per heavy atom. The minimum Gasteiger partial charge on any atom is -0.481 e. The monoisotopic (exact) mass is 846 g/mol. The number of carboxylic acid groups (broad SMARTS) is 1. The Morgan fingerprint density at radius 1 is 0.869 bits per heavy atom. The molecular weight excluding hydrogens is 795 g/mol. The average Bonchev–Trinajstić information content (AvgIpc) is 3.61. The number of nitrogens with zero attached hydrogens (tertiary/aromatic N) is 2. The Kier molecular flexibility index (Phi) is 17.1. The van der Waals surface area contributed by atoms with Gasteiger partial charge in [-0.2, -0.15) is 0 Å². The van der Waals surface area contributed by atoms with E-state index in [2.05, 4.69) is 16.0 Å². The predicted molar refractivity (Wildman–Crippen MR) is 220 cm³/mol. The lowest BCUT2D eigenvalue weighted by molar-refractivity contribution is -0.140. The number of aliphatic carboxylic acids is 1. The second kappa shape index (κ2) is 22.1. The molecule has 0 unspecified atom stereocenters. The number of carboxylic acids is 1. The van der Waals surface area contributed by atoms with E-state index in [0.29, 0.717) is 23.4 Å². The number of hydrogen-bond acceptors (Lipinski definition) is 8. The summed E-state index contributed by atoms with van der Waals surface area (Å²) in [5, 5.41) is 26.7. The standard InChI is InChI=1S/C44H52F2N6O9/c1-44(2,3)40(36-21-30(32-22-31(45)15-16-33(32)46)25-51(36)24-28-11-6-4-7-12-28)52(38(55)26-53)20-10-19-48-41(58)35(23-37(47)54)49-42(59)34(17-18-39(56)57)50-43(60)61-27-29-13-8-5-9-14-29/h4-9,11-16,21-22,25,34-35,40,53H,10,17-20,23-24,26-27H2,1-3H3,(H2,47,54)(H,48,58)(H,49,59)(H,50,60)(H,56,57)/t34-,35-,40-/m0/s1. The fourth-order valence-electron chi connectivity index (χ4n) is 6.81. The molecule has 0 aliphatic heterocycles. The molecule has 0 bridgehead atoms. The Balaban J connectivity index is 1.52. The van der Waals surface area contributed by atoms with Gasteiger partial charge in [0.05, 0.1) is 12.5 Å². The van der Waals surface area contributed by atoms with Crippen molar-refractivity contribution in [3.8, 4) is 11.1 Å². The Labute approximate surface area is 352 Å². The number of ether oxygens (including phenoxy) is 1. The van der Waals surface area contributed by atoms with E-state index < -0.39 is 90.3 Å². The minimum absolute atomic E-state index is 0.0130. The minimum atomic E-state index is -1.53. The zero-order chi connectivity index (χ0) is 44.7. The number of aliphatic hydroxyl groups excluding tert-OH is 1. The molecule has 0 saturated carbocycles. The molecule has 4 rings (SSSR count). The van der Waals surface area contributed by atoms with Gasteiger partial charge in [-0.1, -0.05) is 81.4 Å². The summed E-state index contributed by atoms with van der Waals surface area (Å²) in [4.78, 5) is 77.7. The summed E-state index contributed by atoms with van der Waals surface area (Å²) in [5.74, 6) is -5.91. The third-order valence-electron chi connectivity index (χ3n) is 9.61. The molecular formula is C44H52F2N6O9. The van der Waals surface area contributed by atoms with Gasteiger partial charge in [-0.15, -0.1) is 0 Å². The lowest BCUT2D eigenvalue weighted by Crippen LogP contribution is -2.55. The molecule has 17 heteroatoms. The number of hydrogen-bond donors (Lipinski definition) is 6. The number of halogens is 2. The van der Waals surface area contributed by atoms with Crippen LogP contribution < -0.4 is 21.7 Å². The van der Waals surface area contributed by atoms with Gasteiger partial charge >= 0.3 is 12.1 Å². The quantitative estimate of drug-likeness (QED) is 0.0653. The smallest absolute Gasteiger partial charge is 0.408 e. The summed E-state index contributed by atoms with van der Waals surface area (Å²) in [7, 11) is 0. The van der Waals surface area contributed by atoms with Gasteiger partial charge in [0, 0.05) is 49.1 Å². The van der Waals surface area contributed by atoms with E-state index in [0.717, 1.165) is 23.8 Å². The van der Waals surface area contributed by atoms with Crippen LogP contribution in [-0.2, 0) is 41.9 Å². The number of benzene rings is 3. The largest absolute Gasteiger partial charge is 0.481 e. The van der Waals surface area contributed by atoms with E-state index in [4.69, 9.17) is 10.5 Å². The molecule has 3 aromatic carbocycles. The highest BCUT2D eigenvalue weighted by molar-refractivity contribution is 5.94. The molecule has 1 heterocycles. The van der Waals surface area contributed by atoms with Gasteiger partial charge in [0.2, 0.25) is 23.6 Å².